The van der Waals surface area contributed by atoms with Crippen LogP contribution in [0.5, 0.6) is 5.75 Å². The molecule has 0 aliphatic heterocycles. The number of hydrogen-bond acceptors (Lipinski definition) is 5. The molecule has 0 heterocycles. The minimum Gasteiger partial charge on any atom is -0.490 e. The molecule has 0 N–H and O–H groups in total. The van der Waals surface area contributed by atoms with Crippen LogP contribution in [0.3, 0.4) is 0 Å². The molecular formula is C17H18N2O5S. The maximum atomic E-state index is 13.0. The summed E-state index contributed by atoms with van der Waals surface area (Å²) >= 11 is 0. The minimum atomic E-state index is -3.87. The molecule has 1 aliphatic rings. The Morgan fingerprint density at radius 2 is 1.96 bits per heavy atom. The van der Waals surface area contributed by atoms with E-state index in [1.165, 1.54) is 30.6 Å². The Balaban J connectivity index is 2.00. The Labute approximate surface area is 146 Å². The second-order valence-corrected chi connectivity index (χ2v) is 7.86. The molecule has 0 aromatic heterocycles. The Morgan fingerprint density at radius 1 is 1.24 bits per heavy atom. The summed E-state index contributed by atoms with van der Waals surface area (Å²) in [5.74, 6) is 0.0258. The van der Waals surface area contributed by atoms with Gasteiger partial charge in [-0.2, -0.15) is 4.31 Å². The van der Waals surface area contributed by atoms with Gasteiger partial charge >= 0.3 is 5.69 Å². The summed E-state index contributed by atoms with van der Waals surface area (Å²) in [6, 6.07) is 11.1. The predicted octanol–water partition coefficient (Wildman–Crippen LogP) is 2.91. The van der Waals surface area contributed by atoms with Gasteiger partial charge in [0.2, 0.25) is 10.0 Å². The van der Waals surface area contributed by atoms with E-state index >= 15 is 0 Å². The molecule has 1 atom stereocenters. The number of nitro groups is 1. The average Bonchev–Trinajstić information content (AvgIpc) is 3.04. The van der Waals surface area contributed by atoms with E-state index < -0.39 is 14.9 Å². The van der Waals surface area contributed by atoms with E-state index in [2.05, 4.69) is 0 Å². The van der Waals surface area contributed by atoms with E-state index in [9.17, 15) is 18.5 Å². The lowest BCUT2D eigenvalue weighted by Gasteiger charge is -2.24. The lowest BCUT2D eigenvalue weighted by atomic mass is 10.1. The van der Waals surface area contributed by atoms with Crippen molar-refractivity contribution in [2.24, 2.45) is 0 Å². The van der Waals surface area contributed by atoms with Crippen LogP contribution < -0.4 is 4.74 Å². The zero-order chi connectivity index (χ0) is 18.2. The molecule has 0 amide bonds. The average molecular weight is 362 g/mol. The largest absolute Gasteiger partial charge is 0.490 e. The number of ether oxygens (including phenoxy) is 1. The molecule has 1 aliphatic carbocycles. The maximum absolute atomic E-state index is 13.0. The van der Waals surface area contributed by atoms with Crippen LogP contribution in [-0.2, 0) is 16.4 Å². The number of benzene rings is 2. The summed E-state index contributed by atoms with van der Waals surface area (Å²) in [5, 5.41) is 11.2. The van der Waals surface area contributed by atoms with Crippen LogP contribution in [0.25, 0.3) is 0 Å². The first-order chi connectivity index (χ1) is 11.9. The Morgan fingerprint density at radius 3 is 2.64 bits per heavy atom. The van der Waals surface area contributed by atoms with Crippen LogP contribution >= 0.6 is 0 Å². The number of sulfonamides is 1. The highest BCUT2D eigenvalue weighted by Gasteiger charge is 2.34. The second kappa shape index (κ2) is 6.45. The molecule has 8 heteroatoms. The van der Waals surface area contributed by atoms with Gasteiger partial charge in [-0.15, -0.1) is 0 Å². The van der Waals surface area contributed by atoms with Gasteiger partial charge in [-0.25, -0.2) is 8.42 Å². The topological polar surface area (TPSA) is 89.8 Å². The van der Waals surface area contributed by atoms with Gasteiger partial charge in [0, 0.05) is 13.1 Å². The Bertz CT molecular complexity index is 926. The van der Waals surface area contributed by atoms with Crippen molar-refractivity contribution in [1.82, 2.24) is 4.31 Å². The molecule has 0 fully saturated rings. The standard InChI is InChI=1S/C17H18N2O5S/c1-18(15-9-7-12-5-3-4-6-14(12)15)25(22,23)13-8-10-17(24-2)16(11-13)19(20)21/h3-6,8,10-11,15H,7,9H2,1-2H3. The number of nitro benzene ring substituents is 1. The summed E-state index contributed by atoms with van der Waals surface area (Å²) < 4.78 is 32.2. The van der Waals surface area contributed by atoms with Crippen LogP contribution in [0.1, 0.15) is 23.6 Å². The van der Waals surface area contributed by atoms with E-state index in [-0.39, 0.29) is 22.4 Å². The van der Waals surface area contributed by atoms with Gasteiger partial charge in [-0.1, -0.05) is 24.3 Å². The molecule has 0 saturated carbocycles. The lowest BCUT2D eigenvalue weighted by Crippen LogP contribution is -2.30. The highest BCUT2D eigenvalue weighted by atomic mass is 32.2. The molecule has 3 rings (SSSR count). The van der Waals surface area contributed by atoms with Gasteiger partial charge < -0.3 is 4.74 Å². The summed E-state index contributed by atoms with van der Waals surface area (Å²) in [4.78, 5) is 10.4. The third kappa shape index (κ3) is 2.98. The first-order valence-electron chi connectivity index (χ1n) is 7.74. The summed E-state index contributed by atoms with van der Waals surface area (Å²) in [7, 11) is -1.06. The van der Waals surface area contributed by atoms with Crippen LogP contribution in [0.2, 0.25) is 0 Å². The summed E-state index contributed by atoms with van der Waals surface area (Å²) in [5.41, 5.74) is 1.75. The SMILES string of the molecule is COc1ccc(S(=O)(=O)N(C)C2CCc3ccccc32)cc1[N+](=O)[O-]. The molecule has 7 nitrogen and oxygen atoms in total. The van der Waals surface area contributed by atoms with Crippen molar-refractivity contribution in [3.8, 4) is 5.75 Å². The third-order valence-electron chi connectivity index (χ3n) is 4.56. The number of fused-ring (bicyclic) bond motifs is 1. The van der Waals surface area contributed by atoms with Crippen molar-refractivity contribution < 1.29 is 18.1 Å². The Hall–Kier alpha value is -2.45. The van der Waals surface area contributed by atoms with Crippen molar-refractivity contribution in [2.45, 2.75) is 23.8 Å². The fourth-order valence-corrected chi connectivity index (χ4v) is 4.61. The zero-order valence-corrected chi connectivity index (χ0v) is 14.7. The summed E-state index contributed by atoms with van der Waals surface area (Å²) in [6.45, 7) is 0. The molecule has 2 aromatic carbocycles. The smallest absolute Gasteiger partial charge is 0.312 e. The molecule has 0 saturated heterocycles. The number of hydrogen-bond donors (Lipinski definition) is 0. The van der Waals surface area contributed by atoms with Gasteiger partial charge in [0.15, 0.2) is 5.75 Å². The van der Waals surface area contributed by atoms with Gasteiger partial charge in [0.25, 0.3) is 0 Å². The third-order valence-corrected chi connectivity index (χ3v) is 6.43. The van der Waals surface area contributed by atoms with Crippen molar-refractivity contribution in [2.75, 3.05) is 14.2 Å². The zero-order valence-electron chi connectivity index (χ0n) is 13.9. The Kier molecular flexibility index (Phi) is 4.49. The highest BCUT2D eigenvalue weighted by Crippen LogP contribution is 2.38. The quantitative estimate of drug-likeness (QED) is 0.603. The van der Waals surface area contributed by atoms with Gasteiger partial charge in [-0.3, -0.25) is 10.1 Å². The van der Waals surface area contributed by atoms with Crippen molar-refractivity contribution in [3.05, 3.63) is 63.7 Å². The summed E-state index contributed by atoms with van der Waals surface area (Å²) in [6.07, 6.45) is 1.50. The normalized spacial score (nSPS) is 16.7. The molecule has 0 spiro atoms. The number of rotatable bonds is 5. The second-order valence-electron chi connectivity index (χ2n) is 5.87. The monoisotopic (exact) mass is 362 g/mol. The van der Waals surface area contributed by atoms with Gasteiger partial charge in [-0.05, 0) is 36.1 Å². The predicted molar refractivity (Wildman–Crippen MR) is 92.1 cm³/mol. The fraction of sp³-hybridized carbons (Fsp3) is 0.294. The molecule has 25 heavy (non-hydrogen) atoms. The van der Waals surface area contributed by atoms with Crippen molar-refractivity contribution in [3.63, 3.8) is 0 Å². The van der Waals surface area contributed by atoms with Crippen LogP contribution in [0.15, 0.2) is 47.4 Å². The number of aryl methyl sites for hydroxylation is 1. The molecular weight excluding hydrogens is 344 g/mol. The first-order valence-corrected chi connectivity index (χ1v) is 9.18. The van der Waals surface area contributed by atoms with E-state index in [4.69, 9.17) is 4.74 Å². The molecule has 1 unspecified atom stereocenters. The first kappa shape index (κ1) is 17.4. The van der Waals surface area contributed by atoms with E-state index in [1.54, 1.807) is 0 Å². The van der Waals surface area contributed by atoms with Crippen molar-refractivity contribution >= 4 is 15.7 Å². The van der Waals surface area contributed by atoms with E-state index in [1.807, 2.05) is 24.3 Å². The molecule has 2 aromatic rings. The van der Waals surface area contributed by atoms with E-state index in [0.717, 1.165) is 23.6 Å². The van der Waals surface area contributed by atoms with Crippen LogP contribution in [-0.4, -0.2) is 31.8 Å². The minimum absolute atomic E-state index is 0.0258. The number of methoxy groups -OCH3 is 1. The van der Waals surface area contributed by atoms with Gasteiger partial charge in [0.05, 0.1) is 23.0 Å². The fourth-order valence-electron chi connectivity index (χ4n) is 3.22. The highest BCUT2D eigenvalue weighted by molar-refractivity contribution is 7.89. The maximum Gasteiger partial charge on any atom is 0.312 e. The van der Waals surface area contributed by atoms with Gasteiger partial charge in [0.1, 0.15) is 0 Å². The van der Waals surface area contributed by atoms with E-state index in [0.29, 0.717) is 6.42 Å². The number of nitrogens with zero attached hydrogens (tertiary/aromatic N) is 2. The van der Waals surface area contributed by atoms with Crippen LogP contribution in [0, 0.1) is 10.1 Å². The molecule has 132 valence electrons. The van der Waals surface area contributed by atoms with Crippen LogP contribution in [0.4, 0.5) is 5.69 Å². The van der Waals surface area contributed by atoms with Crippen molar-refractivity contribution in [1.29, 1.82) is 0 Å². The lowest BCUT2D eigenvalue weighted by molar-refractivity contribution is -0.386. The molecule has 0 bridgehead atoms. The molecule has 0 radical (unpaired) electrons.